The summed E-state index contributed by atoms with van der Waals surface area (Å²) in [6.07, 6.45) is 3.35. The number of halogens is 1. The largest absolute Gasteiger partial charge is 0.302 e. The highest BCUT2D eigenvalue weighted by Crippen LogP contribution is 2.29. The number of amides is 1. The van der Waals surface area contributed by atoms with Crippen LogP contribution >= 0.6 is 27.3 Å². The molecule has 0 atom stereocenters. The smallest absolute Gasteiger partial charge is 0.279 e. The zero-order valence-electron chi connectivity index (χ0n) is 11.6. The van der Waals surface area contributed by atoms with Crippen molar-refractivity contribution in [2.45, 2.75) is 0 Å². The van der Waals surface area contributed by atoms with Crippen molar-refractivity contribution in [3.63, 3.8) is 0 Å². The number of rotatable bonds is 4. The highest BCUT2D eigenvalue weighted by atomic mass is 79.9. The van der Waals surface area contributed by atoms with Crippen molar-refractivity contribution in [1.29, 1.82) is 0 Å². The SMILES string of the molecule is C=CCN1C(=O)/C(=N/N=C\c2cc(Br)cs2)c2ccccc21. The lowest BCUT2D eigenvalue weighted by Gasteiger charge is -2.13. The minimum Gasteiger partial charge on any atom is -0.302 e. The molecule has 0 saturated heterocycles. The Bertz CT molecular complexity index is 794. The highest BCUT2D eigenvalue weighted by Gasteiger charge is 2.32. The van der Waals surface area contributed by atoms with E-state index in [0.29, 0.717) is 12.3 Å². The van der Waals surface area contributed by atoms with Gasteiger partial charge < -0.3 is 4.90 Å². The second-order valence-electron chi connectivity index (χ2n) is 4.58. The molecule has 0 aliphatic carbocycles. The molecule has 0 fully saturated rings. The molecule has 0 spiro atoms. The van der Waals surface area contributed by atoms with E-state index >= 15 is 0 Å². The van der Waals surface area contributed by atoms with Crippen LogP contribution in [-0.4, -0.2) is 24.4 Å². The Labute approximate surface area is 140 Å². The number of thiophene rings is 1. The van der Waals surface area contributed by atoms with Crippen LogP contribution in [0.2, 0.25) is 0 Å². The van der Waals surface area contributed by atoms with Gasteiger partial charge in [-0.3, -0.25) is 4.79 Å². The van der Waals surface area contributed by atoms with Crippen LogP contribution in [0.5, 0.6) is 0 Å². The Balaban J connectivity index is 1.93. The van der Waals surface area contributed by atoms with E-state index in [1.807, 2.05) is 35.7 Å². The monoisotopic (exact) mass is 373 g/mol. The zero-order chi connectivity index (χ0) is 15.5. The first-order valence-corrected chi connectivity index (χ1v) is 8.25. The molecule has 0 bridgehead atoms. The van der Waals surface area contributed by atoms with E-state index in [2.05, 4.69) is 32.7 Å². The van der Waals surface area contributed by atoms with Gasteiger partial charge in [-0.25, -0.2) is 0 Å². The molecular weight excluding hydrogens is 362 g/mol. The van der Waals surface area contributed by atoms with E-state index in [4.69, 9.17) is 0 Å². The maximum absolute atomic E-state index is 12.5. The Kier molecular flexibility index (Phi) is 4.31. The fraction of sp³-hybridized carbons (Fsp3) is 0.0625. The number of nitrogens with zero attached hydrogens (tertiary/aromatic N) is 3. The molecule has 0 N–H and O–H groups in total. The van der Waals surface area contributed by atoms with Crippen molar-refractivity contribution in [3.8, 4) is 0 Å². The molecule has 4 nitrogen and oxygen atoms in total. The first-order chi connectivity index (χ1) is 10.7. The number of anilines is 1. The van der Waals surface area contributed by atoms with Gasteiger partial charge in [0.1, 0.15) is 0 Å². The summed E-state index contributed by atoms with van der Waals surface area (Å²) in [7, 11) is 0. The molecular formula is C16H12BrN3OS. The molecule has 2 aromatic rings. The van der Waals surface area contributed by atoms with Gasteiger partial charge in [0, 0.05) is 26.8 Å². The number of carbonyl (C=O) groups excluding carboxylic acids is 1. The van der Waals surface area contributed by atoms with E-state index in [9.17, 15) is 4.79 Å². The maximum Gasteiger partial charge on any atom is 0.279 e. The lowest BCUT2D eigenvalue weighted by molar-refractivity contribution is -0.112. The fourth-order valence-electron chi connectivity index (χ4n) is 2.21. The van der Waals surface area contributed by atoms with E-state index < -0.39 is 0 Å². The Hall–Kier alpha value is -2.05. The molecule has 1 amide bonds. The number of fused-ring (bicyclic) bond motifs is 1. The highest BCUT2D eigenvalue weighted by molar-refractivity contribution is 9.10. The average Bonchev–Trinajstić information content (AvgIpc) is 3.04. The van der Waals surface area contributed by atoms with Crippen LogP contribution in [0.1, 0.15) is 10.4 Å². The average molecular weight is 374 g/mol. The summed E-state index contributed by atoms with van der Waals surface area (Å²) in [6.45, 7) is 4.15. The quantitative estimate of drug-likeness (QED) is 0.455. The molecule has 0 unspecified atom stereocenters. The van der Waals surface area contributed by atoms with Gasteiger partial charge in [0.2, 0.25) is 0 Å². The second-order valence-corrected chi connectivity index (χ2v) is 6.44. The van der Waals surface area contributed by atoms with Gasteiger partial charge >= 0.3 is 0 Å². The molecule has 2 heterocycles. The van der Waals surface area contributed by atoms with Gasteiger partial charge in [-0.05, 0) is 28.1 Å². The Morgan fingerprint density at radius 2 is 2.18 bits per heavy atom. The van der Waals surface area contributed by atoms with Gasteiger partial charge in [0.05, 0.1) is 11.9 Å². The molecule has 0 radical (unpaired) electrons. The van der Waals surface area contributed by atoms with Crippen LogP contribution in [0.3, 0.4) is 0 Å². The minimum absolute atomic E-state index is 0.148. The van der Waals surface area contributed by atoms with Crippen LogP contribution in [0.25, 0.3) is 0 Å². The van der Waals surface area contributed by atoms with Gasteiger partial charge in [0.15, 0.2) is 5.71 Å². The van der Waals surface area contributed by atoms with Crippen molar-refractivity contribution in [1.82, 2.24) is 0 Å². The van der Waals surface area contributed by atoms with Gasteiger partial charge in [-0.15, -0.1) is 23.0 Å². The van der Waals surface area contributed by atoms with Gasteiger partial charge in [-0.2, -0.15) is 5.10 Å². The number of para-hydroxylation sites is 1. The van der Waals surface area contributed by atoms with Crippen LogP contribution in [0.4, 0.5) is 5.69 Å². The van der Waals surface area contributed by atoms with E-state index in [-0.39, 0.29) is 5.91 Å². The van der Waals surface area contributed by atoms with Crippen molar-refractivity contribution in [3.05, 3.63) is 63.3 Å². The van der Waals surface area contributed by atoms with Gasteiger partial charge in [-0.1, -0.05) is 24.3 Å². The normalized spacial score (nSPS) is 15.8. The topological polar surface area (TPSA) is 45.0 Å². The van der Waals surface area contributed by atoms with Crippen LogP contribution in [0.15, 0.2) is 63.0 Å². The summed E-state index contributed by atoms with van der Waals surface area (Å²) in [6, 6.07) is 9.52. The number of benzene rings is 1. The summed E-state index contributed by atoms with van der Waals surface area (Å²) in [5.74, 6) is -0.148. The predicted octanol–water partition coefficient (Wildman–Crippen LogP) is 3.87. The first-order valence-electron chi connectivity index (χ1n) is 6.58. The molecule has 0 saturated carbocycles. The molecule has 1 aromatic carbocycles. The number of hydrogen-bond donors (Lipinski definition) is 0. The summed E-state index contributed by atoms with van der Waals surface area (Å²) >= 11 is 4.94. The van der Waals surface area contributed by atoms with Crippen molar-refractivity contribution in [2.24, 2.45) is 10.2 Å². The summed E-state index contributed by atoms with van der Waals surface area (Å²) < 4.78 is 1.01. The molecule has 1 aliphatic rings. The molecule has 1 aromatic heterocycles. The maximum atomic E-state index is 12.5. The van der Waals surface area contributed by atoms with E-state index in [0.717, 1.165) is 20.6 Å². The third kappa shape index (κ3) is 2.80. The summed E-state index contributed by atoms with van der Waals surface area (Å²) in [5.41, 5.74) is 2.02. The third-order valence-corrected chi connectivity index (χ3v) is 4.77. The van der Waals surface area contributed by atoms with Crippen LogP contribution < -0.4 is 4.90 Å². The van der Waals surface area contributed by atoms with Crippen molar-refractivity contribution >= 4 is 50.8 Å². The molecule has 22 heavy (non-hydrogen) atoms. The van der Waals surface area contributed by atoms with Gasteiger partial charge in [0.25, 0.3) is 5.91 Å². The Morgan fingerprint density at radius 3 is 2.91 bits per heavy atom. The van der Waals surface area contributed by atoms with Crippen molar-refractivity contribution in [2.75, 3.05) is 11.4 Å². The predicted molar refractivity (Wildman–Crippen MR) is 95.1 cm³/mol. The number of hydrogen-bond acceptors (Lipinski definition) is 4. The number of carbonyl (C=O) groups is 1. The van der Waals surface area contributed by atoms with Crippen LogP contribution in [-0.2, 0) is 4.79 Å². The standard InChI is InChI=1S/C16H12BrN3OS/c1-2-7-20-14-6-4-3-5-13(14)15(16(20)21)19-18-9-12-8-11(17)10-22-12/h2-6,8-10H,1,7H2/b18-9-,19-15+. The first kappa shape index (κ1) is 14.9. The van der Waals surface area contributed by atoms with E-state index in [1.165, 1.54) is 0 Å². The van der Waals surface area contributed by atoms with Crippen molar-refractivity contribution < 1.29 is 4.79 Å². The molecule has 3 rings (SSSR count). The molecule has 6 heteroatoms. The molecule has 1 aliphatic heterocycles. The second kappa shape index (κ2) is 6.37. The fourth-order valence-corrected chi connectivity index (χ4v) is 3.51. The third-order valence-electron chi connectivity index (χ3n) is 3.14. The van der Waals surface area contributed by atoms with Crippen LogP contribution in [0, 0.1) is 0 Å². The summed E-state index contributed by atoms with van der Waals surface area (Å²) in [4.78, 5) is 15.1. The summed E-state index contributed by atoms with van der Waals surface area (Å²) in [5, 5.41) is 10.2. The molecule has 110 valence electrons. The zero-order valence-corrected chi connectivity index (χ0v) is 14.0. The lowest BCUT2D eigenvalue weighted by Crippen LogP contribution is -2.30. The van der Waals surface area contributed by atoms with E-state index in [1.54, 1.807) is 28.5 Å². The minimum atomic E-state index is -0.148. The lowest BCUT2D eigenvalue weighted by atomic mass is 10.1. The Morgan fingerprint density at radius 1 is 1.36 bits per heavy atom.